The van der Waals surface area contributed by atoms with Crippen molar-refractivity contribution in [2.75, 3.05) is 6.61 Å². The minimum Gasteiger partial charge on any atom is -0.459 e. The van der Waals surface area contributed by atoms with Crippen molar-refractivity contribution in [3.05, 3.63) is 24.2 Å². The van der Waals surface area contributed by atoms with Gasteiger partial charge in [0, 0.05) is 6.61 Å². The zero-order valence-corrected chi connectivity index (χ0v) is 8.73. The Balaban J connectivity index is 1.88. The van der Waals surface area contributed by atoms with E-state index < -0.39 is 0 Å². The van der Waals surface area contributed by atoms with Gasteiger partial charge in [-0.3, -0.25) is 4.79 Å². The molecule has 1 fully saturated rings. The number of carbonyl (C=O) groups is 1. The quantitative estimate of drug-likeness (QED) is 0.822. The van der Waals surface area contributed by atoms with Crippen molar-refractivity contribution in [1.29, 1.82) is 0 Å². The Bertz CT molecular complexity index is 315. The molecule has 2 rings (SSSR count). The normalized spacial score (nSPS) is 22.6. The van der Waals surface area contributed by atoms with E-state index in [9.17, 15) is 4.79 Å². The van der Waals surface area contributed by atoms with Gasteiger partial charge in [0.2, 0.25) is 0 Å². The van der Waals surface area contributed by atoms with Crippen LogP contribution in [0, 0.1) is 0 Å². The number of carbonyl (C=O) groups excluding carboxylic acids is 1. The van der Waals surface area contributed by atoms with Gasteiger partial charge in [-0.1, -0.05) is 0 Å². The number of ether oxygens (including phenoxy) is 1. The third-order valence-electron chi connectivity index (χ3n) is 2.63. The van der Waals surface area contributed by atoms with Gasteiger partial charge < -0.3 is 14.5 Å². The molecule has 0 aromatic carbocycles. The fraction of sp³-hybridized carbons (Fsp3) is 0.545. The van der Waals surface area contributed by atoms with Crippen LogP contribution in [0.15, 0.2) is 22.8 Å². The Kier molecular flexibility index (Phi) is 3.06. The first-order valence-corrected chi connectivity index (χ1v) is 5.23. The molecule has 1 aromatic rings. The van der Waals surface area contributed by atoms with Gasteiger partial charge in [0.05, 0.1) is 18.4 Å². The maximum atomic E-state index is 11.6. The van der Waals surface area contributed by atoms with Crippen LogP contribution in [0.3, 0.4) is 0 Å². The summed E-state index contributed by atoms with van der Waals surface area (Å²) in [4.78, 5) is 11.6. The molecule has 0 saturated carbocycles. The van der Waals surface area contributed by atoms with Gasteiger partial charge in [-0.2, -0.15) is 0 Å². The van der Waals surface area contributed by atoms with Crippen molar-refractivity contribution < 1.29 is 13.9 Å². The molecule has 4 nitrogen and oxygen atoms in total. The average Bonchev–Trinajstić information content (AvgIpc) is 2.91. The predicted molar refractivity (Wildman–Crippen MR) is 54.6 cm³/mol. The van der Waals surface area contributed by atoms with Crippen molar-refractivity contribution in [1.82, 2.24) is 5.32 Å². The molecule has 82 valence electrons. The Hall–Kier alpha value is -1.29. The zero-order valence-electron chi connectivity index (χ0n) is 8.73. The maximum absolute atomic E-state index is 11.6. The van der Waals surface area contributed by atoms with Crippen molar-refractivity contribution in [3.63, 3.8) is 0 Å². The maximum Gasteiger partial charge on any atom is 0.287 e. The van der Waals surface area contributed by atoms with Crippen molar-refractivity contribution >= 4 is 5.91 Å². The molecule has 0 radical (unpaired) electrons. The molecular weight excluding hydrogens is 194 g/mol. The molecule has 0 unspecified atom stereocenters. The molecule has 2 heterocycles. The molecule has 0 spiro atoms. The molecule has 1 aromatic heterocycles. The van der Waals surface area contributed by atoms with E-state index in [0.717, 1.165) is 19.4 Å². The van der Waals surface area contributed by atoms with Crippen molar-refractivity contribution in [2.45, 2.75) is 31.9 Å². The molecule has 2 atom stereocenters. The van der Waals surface area contributed by atoms with Crippen LogP contribution < -0.4 is 5.32 Å². The summed E-state index contributed by atoms with van der Waals surface area (Å²) in [5, 5.41) is 2.87. The monoisotopic (exact) mass is 209 g/mol. The highest BCUT2D eigenvalue weighted by Gasteiger charge is 2.24. The first-order valence-electron chi connectivity index (χ1n) is 5.23. The average molecular weight is 209 g/mol. The highest BCUT2D eigenvalue weighted by molar-refractivity contribution is 5.91. The topological polar surface area (TPSA) is 51.5 Å². The standard InChI is InChI=1S/C11H15NO3/c1-8(9-4-2-6-14-9)12-11(13)10-5-3-7-15-10/h3,5,7-9H,2,4,6H2,1H3,(H,12,13)/t8-,9+/m0/s1. The number of hydrogen-bond acceptors (Lipinski definition) is 3. The van der Waals surface area contributed by atoms with Gasteiger partial charge in [-0.25, -0.2) is 0 Å². The van der Waals surface area contributed by atoms with Crippen LogP contribution in [-0.2, 0) is 4.74 Å². The number of hydrogen-bond donors (Lipinski definition) is 1. The molecular formula is C11H15NO3. The van der Waals surface area contributed by atoms with Gasteiger partial charge in [0.15, 0.2) is 5.76 Å². The van der Waals surface area contributed by atoms with Crippen LogP contribution in [0.2, 0.25) is 0 Å². The molecule has 4 heteroatoms. The Morgan fingerprint density at radius 2 is 2.53 bits per heavy atom. The fourth-order valence-electron chi connectivity index (χ4n) is 1.78. The van der Waals surface area contributed by atoms with Gasteiger partial charge >= 0.3 is 0 Å². The van der Waals surface area contributed by atoms with Gasteiger partial charge in [0.25, 0.3) is 5.91 Å². The van der Waals surface area contributed by atoms with Crippen molar-refractivity contribution in [3.8, 4) is 0 Å². The van der Waals surface area contributed by atoms with Crippen LogP contribution in [-0.4, -0.2) is 24.7 Å². The lowest BCUT2D eigenvalue weighted by Crippen LogP contribution is -2.40. The van der Waals surface area contributed by atoms with Gasteiger partial charge in [-0.05, 0) is 31.9 Å². The van der Waals surface area contributed by atoms with Crippen LogP contribution in [0.25, 0.3) is 0 Å². The van der Waals surface area contributed by atoms with E-state index >= 15 is 0 Å². The van der Waals surface area contributed by atoms with Crippen LogP contribution in [0.1, 0.15) is 30.3 Å². The third kappa shape index (κ3) is 2.39. The summed E-state index contributed by atoms with van der Waals surface area (Å²) < 4.78 is 10.5. The molecule has 15 heavy (non-hydrogen) atoms. The number of furan rings is 1. The van der Waals surface area contributed by atoms with Gasteiger partial charge in [-0.15, -0.1) is 0 Å². The minimum absolute atomic E-state index is 0.0325. The number of nitrogens with one attached hydrogen (secondary N) is 1. The number of amides is 1. The summed E-state index contributed by atoms with van der Waals surface area (Å²) in [6.07, 6.45) is 3.72. The highest BCUT2D eigenvalue weighted by Crippen LogP contribution is 2.15. The molecule has 1 amide bonds. The fourth-order valence-corrected chi connectivity index (χ4v) is 1.78. The van der Waals surface area contributed by atoms with E-state index in [4.69, 9.17) is 9.15 Å². The van der Waals surface area contributed by atoms with E-state index in [0.29, 0.717) is 5.76 Å². The van der Waals surface area contributed by atoms with E-state index in [-0.39, 0.29) is 18.1 Å². The predicted octanol–water partition coefficient (Wildman–Crippen LogP) is 1.58. The minimum atomic E-state index is -0.178. The summed E-state index contributed by atoms with van der Waals surface area (Å²) >= 11 is 0. The van der Waals surface area contributed by atoms with E-state index in [1.807, 2.05) is 6.92 Å². The summed E-state index contributed by atoms with van der Waals surface area (Å²) in [7, 11) is 0. The Labute approximate surface area is 88.6 Å². The second-order valence-corrected chi connectivity index (χ2v) is 3.79. The lowest BCUT2D eigenvalue weighted by molar-refractivity contribution is 0.0696. The Morgan fingerprint density at radius 3 is 3.13 bits per heavy atom. The molecule has 0 bridgehead atoms. The molecule has 1 aliphatic rings. The zero-order chi connectivity index (χ0) is 10.7. The van der Waals surface area contributed by atoms with Crippen LogP contribution in [0.5, 0.6) is 0 Å². The second kappa shape index (κ2) is 4.49. The smallest absolute Gasteiger partial charge is 0.287 e. The number of rotatable bonds is 3. The second-order valence-electron chi connectivity index (χ2n) is 3.79. The first-order chi connectivity index (χ1) is 7.27. The molecule has 1 N–H and O–H groups in total. The van der Waals surface area contributed by atoms with E-state index in [2.05, 4.69) is 5.32 Å². The van der Waals surface area contributed by atoms with Crippen LogP contribution >= 0.6 is 0 Å². The lowest BCUT2D eigenvalue weighted by atomic mass is 10.1. The highest BCUT2D eigenvalue weighted by atomic mass is 16.5. The van der Waals surface area contributed by atoms with Crippen LogP contribution in [0.4, 0.5) is 0 Å². The largest absolute Gasteiger partial charge is 0.459 e. The summed E-state index contributed by atoms with van der Waals surface area (Å²) in [6.45, 7) is 2.75. The van der Waals surface area contributed by atoms with E-state index in [1.54, 1.807) is 12.1 Å². The molecule has 1 aliphatic heterocycles. The molecule has 1 saturated heterocycles. The lowest BCUT2D eigenvalue weighted by Gasteiger charge is -2.19. The summed E-state index contributed by atoms with van der Waals surface area (Å²) in [5.41, 5.74) is 0. The SMILES string of the molecule is C[C@H](NC(=O)c1ccco1)[C@H]1CCCO1. The summed E-state index contributed by atoms with van der Waals surface area (Å²) in [5.74, 6) is 0.169. The Morgan fingerprint density at radius 1 is 1.67 bits per heavy atom. The van der Waals surface area contributed by atoms with E-state index in [1.165, 1.54) is 6.26 Å². The van der Waals surface area contributed by atoms with Gasteiger partial charge in [0.1, 0.15) is 0 Å². The first kappa shape index (κ1) is 10.2. The summed E-state index contributed by atoms with van der Waals surface area (Å²) in [6, 6.07) is 3.38. The molecule has 0 aliphatic carbocycles. The third-order valence-corrected chi connectivity index (χ3v) is 2.63. The van der Waals surface area contributed by atoms with Crippen molar-refractivity contribution in [2.24, 2.45) is 0 Å².